The maximum atomic E-state index is 13.1. The number of imide groups is 1. The van der Waals surface area contributed by atoms with Crippen molar-refractivity contribution < 1.29 is 14.4 Å². The topological polar surface area (TPSA) is 122 Å². The molecule has 4 amide bonds. The molecule has 1 atom stereocenters. The predicted octanol–water partition coefficient (Wildman–Crippen LogP) is 1.55. The molecule has 5 rings (SSSR count). The lowest BCUT2D eigenvalue weighted by Gasteiger charge is -2.33. The Hall–Kier alpha value is -2.94. The van der Waals surface area contributed by atoms with Crippen molar-refractivity contribution in [1.29, 1.82) is 0 Å². The number of aryl methyl sites for hydroxylation is 1. The van der Waals surface area contributed by atoms with E-state index in [2.05, 4.69) is 20.9 Å². The highest BCUT2D eigenvalue weighted by Gasteiger charge is 2.51. The molecule has 0 bridgehead atoms. The third kappa shape index (κ3) is 2.79. The van der Waals surface area contributed by atoms with Gasteiger partial charge in [-0.25, -0.2) is 9.78 Å². The molecule has 2 aromatic rings. The number of hydrogen-bond donors (Lipinski definition) is 3. The summed E-state index contributed by atoms with van der Waals surface area (Å²) in [6.45, 7) is 0.157. The van der Waals surface area contributed by atoms with Gasteiger partial charge in [0.15, 0.2) is 5.69 Å². The van der Waals surface area contributed by atoms with E-state index in [0.717, 1.165) is 32.1 Å². The van der Waals surface area contributed by atoms with Gasteiger partial charge in [-0.2, -0.15) is 0 Å². The molecule has 1 aromatic carbocycles. The van der Waals surface area contributed by atoms with E-state index in [4.69, 9.17) is 11.6 Å². The lowest BCUT2D eigenvalue weighted by atomic mass is 9.83. The largest absolute Gasteiger partial charge is 0.348 e. The maximum absolute atomic E-state index is 13.1. The first-order valence-electron chi connectivity index (χ1n) is 10.1. The van der Waals surface area contributed by atoms with E-state index in [1.54, 1.807) is 12.1 Å². The average Bonchev–Trinajstić information content (AvgIpc) is 3.00. The van der Waals surface area contributed by atoms with Crippen LogP contribution in [0.25, 0.3) is 11.0 Å². The molecule has 30 heavy (non-hydrogen) atoms. The molecule has 1 saturated heterocycles. The van der Waals surface area contributed by atoms with Crippen LogP contribution in [0.3, 0.4) is 0 Å². The molecule has 0 radical (unpaired) electrons. The summed E-state index contributed by atoms with van der Waals surface area (Å²) in [6, 6.07) is 2.56. The summed E-state index contributed by atoms with van der Waals surface area (Å²) in [5.74, 6) is -0.986. The predicted molar refractivity (Wildman–Crippen MR) is 108 cm³/mol. The minimum absolute atomic E-state index is 0.0418. The monoisotopic (exact) mass is 429 g/mol. The molecule has 1 saturated carbocycles. The molecule has 10 heteroatoms. The quantitative estimate of drug-likeness (QED) is 0.625. The van der Waals surface area contributed by atoms with Crippen LogP contribution in [0.15, 0.2) is 16.9 Å². The van der Waals surface area contributed by atoms with Crippen LogP contribution in [0.4, 0.5) is 4.79 Å². The normalized spacial score (nSPS) is 23.5. The fourth-order valence-electron chi connectivity index (χ4n) is 4.81. The molecule has 1 unspecified atom stereocenters. The van der Waals surface area contributed by atoms with Gasteiger partial charge in [-0.1, -0.05) is 30.9 Å². The van der Waals surface area contributed by atoms with E-state index in [9.17, 15) is 19.2 Å². The first kappa shape index (κ1) is 19.0. The highest BCUT2D eigenvalue weighted by molar-refractivity contribution is 6.31. The molecular formula is C20H20ClN5O4. The van der Waals surface area contributed by atoms with Crippen molar-refractivity contribution >= 4 is 40.5 Å². The Morgan fingerprint density at radius 3 is 2.67 bits per heavy atom. The molecule has 2 fully saturated rings. The highest BCUT2D eigenvalue weighted by atomic mass is 35.5. The van der Waals surface area contributed by atoms with E-state index in [-0.39, 0.29) is 24.7 Å². The van der Waals surface area contributed by atoms with Crippen LogP contribution in [-0.2, 0) is 16.9 Å². The number of nitrogens with zero attached hydrogens (tertiary/aromatic N) is 2. The molecule has 3 N–H and O–H groups in total. The van der Waals surface area contributed by atoms with Crippen molar-refractivity contribution in [3.8, 4) is 0 Å². The molecule has 156 valence electrons. The minimum atomic E-state index is -1.31. The van der Waals surface area contributed by atoms with Gasteiger partial charge in [-0.05, 0) is 25.0 Å². The number of rotatable bonds is 2. The second-order valence-electron chi connectivity index (χ2n) is 8.11. The number of nitrogens with one attached hydrogen (secondary N) is 3. The first-order valence-corrected chi connectivity index (χ1v) is 10.5. The van der Waals surface area contributed by atoms with Gasteiger partial charge >= 0.3 is 6.03 Å². The van der Waals surface area contributed by atoms with Crippen molar-refractivity contribution in [1.82, 2.24) is 25.5 Å². The molecule has 1 spiro atoms. The van der Waals surface area contributed by atoms with Crippen molar-refractivity contribution in [2.24, 2.45) is 0 Å². The van der Waals surface area contributed by atoms with E-state index in [1.807, 2.05) is 0 Å². The standard InChI is InChI=1S/C20H20ClN5O4/c21-10-8-12-15-13(9-10)23-14(16(27)22-11-4-2-1-3-5-11)17(28)26(15)7-6-20(12)18(29)24-19(30)25-20/h8-9,11H,1-7H2,(H,22,27)(H2,24,25,29,30). The number of urea groups is 1. The minimum Gasteiger partial charge on any atom is -0.348 e. The van der Waals surface area contributed by atoms with Gasteiger partial charge in [-0.3, -0.25) is 19.7 Å². The molecule has 1 aliphatic carbocycles. The number of amides is 4. The number of halogens is 1. The lowest BCUT2D eigenvalue weighted by Crippen LogP contribution is -2.49. The van der Waals surface area contributed by atoms with Gasteiger partial charge in [0.25, 0.3) is 17.4 Å². The molecule has 1 aromatic heterocycles. The van der Waals surface area contributed by atoms with Crippen LogP contribution < -0.4 is 21.5 Å². The zero-order valence-electron chi connectivity index (χ0n) is 16.1. The van der Waals surface area contributed by atoms with Crippen molar-refractivity contribution in [2.75, 3.05) is 0 Å². The number of fused-ring (bicyclic) bond motifs is 1. The SMILES string of the molecule is O=C1NC(=O)C2(CCn3c(=O)c(C(=O)NC4CCCCC4)nc4cc(Cl)cc2c43)N1. The summed E-state index contributed by atoms with van der Waals surface area (Å²) in [7, 11) is 0. The number of hydrogen-bond acceptors (Lipinski definition) is 5. The van der Waals surface area contributed by atoms with E-state index >= 15 is 0 Å². The Bertz CT molecular complexity index is 1170. The molecular weight excluding hydrogens is 410 g/mol. The maximum Gasteiger partial charge on any atom is 0.322 e. The zero-order chi connectivity index (χ0) is 21.0. The summed E-state index contributed by atoms with van der Waals surface area (Å²) in [5, 5.41) is 8.16. The van der Waals surface area contributed by atoms with Gasteiger partial charge in [0.1, 0.15) is 5.54 Å². The summed E-state index contributed by atoms with van der Waals surface area (Å²) < 4.78 is 1.45. The van der Waals surface area contributed by atoms with Crippen LogP contribution in [0, 0.1) is 0 Å². The smallest absolute Gasteiger partial charge is 0.322 e. The number of carbonyl (C=O) groups is 3. The fourth-order valence-corrected chi connectivity index (χ4v) is 5.02. The van der Waals surface area contributed by atoms with Crippen molar-refractivity contribution in [3.63, 3.8) is 0 Å². The number of benzene rings is 1. The van der Waals surface area contributed by atoms with Gasteiger partial charge in [-0.15, -0.1) is 0 Å². The van der Waals surface area contributed by atoms with Crippen LogP contribution in [0.5, 0.6) is 0 Å². The van der Waals surface area contributed by atoms with Crippen LogP contribution >= 0.6 is 11.6 Å². The van der Waals surface area contributed by atoms with Crippen LogP contribution in [-0.4, -0.2) is 33.4 Å². The van der Waals surface area contributed by atoms with Gasteiger partial charge in [0.2, 0.25) is 0 Å². The number of carbonyl (C=O) groups excluding carboxylic acids is 3. The number of aromatic nitrogens is 2. The Balaban J connectivity index is 1.64. The third-order valence-corrected chi connectivity index (χ3v) is 6.49. The van der Waals surface area contributed by atoms with Crippen LogP contribution in [0.1, 0.15) is 54.6 Å². The Kier molecular flexibility index (Phi) is 4.32. The third-order valence-electron chi connectivity index (χ3n) is 6.27. The average molecular weight is 430 g/mol. The second kappa shape index (κ2) is 6.80. The summed E-state index contributed by atoms with van der Waals surface area (Å²) in [4.78, 5) is 54.7. The Morgan fingerprint density at radius 1 is 1.20 bits per heavy atom. The van der Waals surface area contributed by atoms with Gasteiger partial charge < -0.3 is 15.2 Å². The first-order chi connectivity index (χ1) is 14.4. The van der Waals surface area contributed by atoms with E-state index in [0.29, 0.717) is 21.6 Å². The molecule has 2 aliphatic heterocycles. The lowest BCUT2D eigenvalue weighted by molar-refractivity contribution is -0.124. The van der Waals surface area contributed by atoms with Gasteiger partial charge in [0, 0.05) is 29.6 Å². The Morgan fingerprint density at radius 2 is 1.97 bits per heavy atom. The summed E-state index contributed by atoms with van der Waals surface area (Å²) in [6.07, 6.45) is 5.20. The fraction of sp³-hybridized carbons (Fsp3) is 0.450. The Labute approximate surface area is 176 Å². The molecule has 3 aliphatic rings. The molecule has 9 nitrogen and oxygen atoms in total. The van der Waals surface area contributed by atoms with Crippen molar-refractivity contribution in [3.05, 3.63) is 38.8 Å². The van der Waals surface area contributed by atoms with Gasteiger partial charge in [0.05, 0.1) is 11.0 Å². The highest BCUT2D eigenvalue weighted by Crippen LogP contribution is 2.39. The second-order valence-corrected chi connectivity index (χ2v) is 8.55. The summed E-state index contributed by atoms with van der Waals surface area (Å²) >= 11 is 6.28. The zero-order valence-corrected chi connectivity index (χ0v) is 16.8. The van der Waals surface area contributed by atoms with Crippen molar-refractivity contribution in [2.45, 2.75) is 56.7 Å². The molecule has 3 heterocycles. The van der Waals surface area contributed by atoms with Crippen LogP contribution in [0.2, 0.25) is 5.02 Å². The summed E-state index contributed by atoms with van der Waals surface area (Å²) in [5.41, 5.74) is -0.860. The van der Waals surface area contributed by atoms with E-state index in [1.165, 1.54) is 4.57 Å². The van der Waals surface area contributed by atoms with E-state index < -0.39 is 28.9 Å².